The number of amides is 1. The van der Waals surface area contributed by atoms with Crippen molar-refractivity contribution in [3.05, 3.63) is 58.7 Å². The van der Waals surface area contributed by atoms with Gasteiger partial charge in [0.25, 0.3) is 5.91 Å². The number of nitrogens with zero attached hydrogens (tertiary/aromatic N) is 3. The molecule has 3 aromatic rings. The number of hydrogen-bond donors (Lipinski definition) is 2. The van der Waals surface area contributed by atoms with Crippen LogP contribution in [0.2, 0.25) is 5.02 Å². The summed E-state index contributed by atoms with van der Waals surface area (Å²) in [5, 5.41) is 9.18. The largest absolute Gasteiger partial charge is 0.369 e. The first-order chi connectivity index (χ1) is 13.6. The molecule has 6 nitrogen and oxygen atoms in total. The van der Waals surface area contributed by atoms with Gasteiger partial charge < -0.3 is 10.2 Å². The van der Waals surface area contributed by atoms with Gasteiger partial charge in [-0.1, -0.05) is 29.8 Å². The summed E-state index contributed by atoms with van der Waals surface area (Å²) < 4.78 is 0. The van der Waals surface area contributed by atoms with Crippen LogP contribution >= 0.6 is 22.9 Å². The molecule has 0 unspecified atom stereocenters. The third kappa shape index (κ3) is 3.15. The number of anilines is 2. The maximum absolute atomic E-state index is 12.5. The SMILES string of the molecule is O=C(Nc1nc(-c2ccccc2Cl)cs1)c1ccc(N2CC3(CNC3)C2)cn1. The molecule has 28 heavy (non-hydrogen) atoms. The molecule has 8 heteroatoms. The molecule has 2 aliphatic heterocycles. The number of aromatic nitrogens is 2. The molecule has 1 spiro atoms. The normalized spacial score (nSPS) is 17.1. The van der Waals surface area contributed by atoms with Gasteiger partial charge in [-0.25, -0.2) is 9.97 Å². The first-order valence-electron chi connectivity index (χ1n) is 9.05. The molecule has 2 fully saturated rings. The Hall–Kier alpha value is -2.48. The second kappa shape index (κ2) is 6.84. The fourth-order valence-corrected chi connectivity index (χ4v) is 4.58. The lowest BCUT2D eigenvalue weighted by Gasteiger charge is -2.57. The number of carbonyl (C=O) groups excluding carboxylic acids is 1. The first kappa shape index (κ1) is 17.6. The Morgan fingerprint density at radius 2 is 2.04 bits per heavy atom. The smallest absolute Gasteiger partial charge is 0.276 e. The van der Waals surface area contributed by atoms with Crippen LogP contribution in [0.4, 0.5) is 10.8 Å². The molecule has 0 atom stereocenters. The molecule has 2 aromatic heterocycles. The Balaban J connectivity index is 1.24. The van der Waals surface area contributed by atoms with Crippen LogP contribution in [0, 0.1) is 5.41 Å². The summed E-state index contributed by atoms with van der Waals surface area (Å²) in [7, 11) is 0. The van der Waals surface area contributed by atoms with Gasteiger partial charge >= 0.3 is 0 Å². The van der Waals surface area contributed by atoms with Gasteiger partial charge in [0.05, 0.1) is 17.6 Å². The number of hydrogen-bond acceptors (Lipinski definition) is 6. The van der Waals surface area contributed by atoms with Crippen LogP contribution in [0.1, 0.15) is 10.5 Å². The van der Waals surface area contributed by atoms with Gasteiger partial charge in [0, 0.05) is 47.6 Å². The highest BCUT2D eigenvalue weighted by Crippen LogP contribution is 2.37. The van der Waals surface area contributed by atoms with Crippen molar-refractivity contribution in [2.75, 3.05) is 36.4 Å². The quantitative estimate of drug-likeness (QED) is 0.687. The van der Waals surface area contributed by atoms with Crippen molar-refractivity contribution in [1.82, 2.24) is 15.3 Å². The first-order valence-corrected chi connectivity index (χ1v) is 10.3. The minimum atomic E-state index is -0.269. The number of rotatable bonds is 4. The van der Waals surface area contributed by atoms with E-state index in [9.17, 15) is 4.79 Å². The summed E-state index contributed by atoms with van der Waals surface area (Å²) in [6, 6.07) is 11.2. The lowest BCUT2D eigenvalue weighted by atomic mass is 9.74. The monoisotopic (exact) mass is 411 g/mol. The zero-order valence-electron chi connectivity index (χ0n) is 15.0. The molecular weight excluding hydrogens is 394 g/mol. The van der Waals surface area contributed by atoms with E-state index in [1.807, 2.05) is 35.7 Å². The van der Waals surface area contributed by atoms with Gasteiger partial charge in [0.2, 0.25) is 0 Å². The topological polar surface area (TPSA) is 70.2 Å². The van der Waals surface area contributed by atoms with E-state index in [0.717, 1.165) is 43.1 Å². The summed E-state index contributed by atoms with van der Waals surface area (Å²) in [6.07, 6.45) is 1.77. The molecule has 2 aliphatic rings. The van der Waals surface area contributed by atoms with Crippen LogP contribution in [0.25, 0.3) is 11.3 Å². The van der Waals surface area contributed by atoms with Gasteiger partial charge in [-0.2, -0.15) is 0 Å². The van der Waals surface area contributed by atoms with E-state index in [1.165, 1.54) is 11.3 Å². The molecule has 2 saturated heterocycles. The van der Waals surface area contributed by atoms with E-state index in [0.29, 0.717) is 21.3 Å². The number of thiazole rings is 1. The number of carbonyl (C=O) groups is 1. The summed E-state index contributed by atoms with van der Waals surface area (Å²) >= 11 is 7.58. The van der Waals surface area contributed by atoms with Crippen LogP contribution in [0.15, 0.2) is 48.0 Å². The maximum atomic E-state index is 12.5. The van der Waals surface area contributed by atoms with Crippen LogP contribution in [-0.4, -0.2) is 42.1 Å². The Bertz CT molecular complexity index is 1020. The zero-order valence-corrected chi connectivity index (χ0v) is 16.6. The number of halogens is 1. The highest BCUT2D eigenvalue weighted by atomic mass is 35.5. The average molecular weight is 412 g/mol. The lowest BCUT2D eigenvalue weighted by Crippen LogP contribution is -2.71. The Labute approximate surface area is 171 Å². The highest BCUT2D eigenvalue weighted by Gasteiger charge is 2.47. The van der Waals surface area contributed by atoms with Crippen LogP contribution in [0.3, 0.4) is 0 Å². The van der Waals surface area contributed by atoms with Crippen LogP contribution in [-0.2, 0) is 0 Å². The Kier molecular flexibility index (Phi) is 4.30. The molecule has 1 amide bonds. The molecule has 0 radical (unpaired) electrons. The van der Waals surface area contributed by atoms with E-state index >= 15 is 0 Å². The third-order valence-corrected chi connectivity index (χ3v) is 6.36. The van der Waals surface area contributed by atoms with Crippen molar-refractivity contribution in [1.29, 1.82) is 0 Å². The van der Waals surface area contributed by atoms with Crippen molar-refractivity contribution in [3.63, 3.8) is 0 Å². The second-order valence-electron chi connectivity index (χ2n) is 7.33. The second-order valence-corrected chi connectivity index (χ2v) is 8.60. The predicted octanol–water partition coefficient (Wildman–Crippen LogP) is 3.52. The fourth-order valence-electron chi connectivity index (χ4n) is 3.64. The van der Waals surface area contributed by atoms with Crippen molar-refractivity contribution >= 4 is 39.7 Å². The van der Waals surface area contributed by atoms with Crippen molar-refractivity contribution < 1.29 is 4.79 Å². The van der Waals surface area contributed by atoms with Gasteiger partial charge in [0.15, 0.2) is 5.13 Å². The standard InChI is InChI=1S/C20H18ClN5OS/c21-15-4-2-1-3-14(15)17-8-28-19(24-17)25-18(27)16-6-5-13(7-23-16)26-11-20(12-26)9-22-10-20/h1-8,22H,9-12H2,(H,24,25,27). The molecule has 0 bridgehead atoms. The summed E-state index contributed by atoms with van der Waals surface area (Å²) in [6.45, 7) is 4.30. The number of pyridine rings is 1. The van der Waals surface area contributed by atoms with E-state index < -0.39 is 0 Å². The number of nitrogens with one attached hydrogen (secondary N) is 2. The molecule has 5 rings (SSSR count). The summed E-state index contributed by atoms with van der Waals surface area (Å²) in [5.41, 5.74) is 3.48. The molecule has 2 N–H and O–H groups in total. The fraction of sp³-hybridized carbons (Fsp3) is 0.250. The molecule has 1 aromatic carbocycles. The average Bonchev–Trinajstić information content (AvgIpc) is 3.08. The van der Waals surface area contributed by atoms with Crippen molar-refractivity contribution in [3.8, 4) is 11.3 Å². The van der Waals surface area contributed by atoms with Gasteiger partial charge in [-0.15, -0.1) is 11.3 Å². The maximum Gasteiger partial charge on any atom is 0.276 e. The van der Waals surface area contributed by atoms with Crippen molar-refractivity contribution in [2.24, 2.45) is 5.41 Å². The summed E-state index contributed by atoms with van der Waals surface area (Å²) in [4.78, 5) is 23.6. The molecule has 4 heterocycles. The van der Waals surface area contributed by atoms with Crippen LogP contribution in [0.5, 0.6) is 0 Å². The molecule has 142 valence electrons. The van der Waals surface area contributed by atoms with E-state index in [4.69, 9.17) is 11.6 Å². The highest BCUT2D eigenvalue weighted by molar-refractivity contribution is 7.14. The van der Waals surface area contributed by atoms with Gasteiger partial charge in [0.1, 0.15) is 5.69 Å². The third-order valence-electron chi connectivity index (χ3n) is 5.27. The number of benzene rings is 1. The van der Waals surface area contributed by atoms with Gasteiger partial charge in [-0.05, 0) is 18.2 Å². The van der Waals surface area contributed by atoms with Crippen molar-refractivity contribution in [2.45, 2.75) is 0 Å². The Morgan fingerprint density at radius 3 is 2.71 bits per heavy atom. The summed E-state index contributed by atoms with van der Waals surface area (Å²) in [5.74, 6) is -0.269. The van der Waals surface area contributed by atoms with Gasteiger partial charge in [-0.3, -0.25) is 10.1 Å². The predicted molar refractivity (Wildman–Crippen MR) is 112 cm³/mol. The van der Waals surface area contributed by atoms with E-state index in [1.54, 1.807) is 12.3 Å². The van der Waals surface area contributed by atoms with Crippen LogP contribution < -0.4 is 15.5 Å². The molecule has 0 aliphatic carbocycles. The zero-order chi connectivity index (χ0) is 19.1. The minimum absolute atomic E-state index is 0.269. The minimum Gasteiger partial charge on any atom is -0.369 e. The van der Waals surface area contributed by atoms with E-state index in [-0.39, 0.29) is 5.91 Å². The Morgan fingerprint density at radius 1 is 1.21 bits per heavy atom. The molecule has 0 saturated carbocycles. The molecular formula is C20H18ClN5OS. The lowest BCUT2D eigenvalue weighted by molar-refractivity contribution is 0.102. The van der Waals surface area contributed by atoms with E-state index in [2.05, 4.69) is 25.5 Å².